The lowest BCUT2D eigenvalue weighted by atomic mass is 9.99. The number of esters is 1. The third-order valence-electron chi connectivity index (χ3n) is 11.7. The Labute approximate surface area is 335 Å². The second-order valence-electron chi connectivity index (χ2n) is 15.4. The summed E-state index contributed by atoms with van der Waals surface area (Å²) in [7, 11) is 0. The summed E-state index contributed by atoms with van der Waals surface area (Å²) >= 11 is 0. The molecule has 4 aliphatic heterocycles. The number of aryl methyl sites for hydroxylation is 1. The average molecular weight is 805 g/mol. The normalized spacial score (nSPS) is 20.5. The van der Waals surface area contributed by atoms with E-state index in [1.54, 1.807) is 22.8 Å². The molecule has 0 radical (unpaired) electrons. The highest BCUT2D eigenvalue weighted by molar-refractivity contribution is 5.91. The Morgan fingerprint density at radius 2 is 1.60 bits per heavy atom. The Morgan fingerprint density at radius 3 is 2.36 bits per heavy atom. The Bertz CT molecular complexity index is 2050. The fraction of sp³-hybridized carbons (Fsp3) is 0.561. The van der Waals surface area contributed by atoms with Gasteiger partial charge in [0.2, 0.25) is 6.29 Å². The smallest absolute Gasteiger partial charge is 0.436 e. The first kappa shape index (κ1) is 40.6. The van der Waals surface area contributed by atoms with Crippen molar-refractivity contribution in [1.82, 2.24) is 24.6 Å². The van der Waals surface area contributed by atoms with Crippen molar-refractivity contribution in [2.45, 2.75) is 103 Å². The van der Waals surface area contributed by atoms with Gasteiger partial charge in [0, 0.05) is 63.8 Å². The number of carbonyl (C=O) groups excluding carboxylic acids is 5. The molecule has 3 saturated heterocycles. The Morgan fingerprint density at radius 1 is 0.879 bits per heavy atom. The molecule has 5 heterocycles. The molecule has 3 atom stereocenters. The zero-order valence-electron chi connectivity index (χ0n) is 33.2. The molecule has 7 rings (SSSR count). The lowest BCUT2D eigenvalue weighted by Crippen LogP contribution is -2.53. The number of nitrogens with zero attached hydrogens (tertiary/aromatic N) is 4. The number of fused-ring (bicyclic) bond motifs is 2. The molecule has 1 unspecified atom stereocenters. The first-order chi connectivity index (χ1) is 28.0. The molecule has 1 aromatic heterocycles. The van der Waals surface area contributed by atoms with Gasteiger partial charge >= 0.3 is 30.0 Å². The van der Waals surface area contributed by atoms with E-state index in [1.807, 2.05) is 42.2 Å². The number of anilines is 1. The van der Waals surface area contributed by atoms with Gasteiger partial charge in [-0.1, -0.05) is 24.3 Å². The third-order valence-corrected chi connectivity index (χ3v) is 11.7. The van der Waals surface area contributed by atoms with Crippen LogP contribution in [0.3, 0.4) is 0 Å². The van der Waals surface area contributed by atoms with Crippen molar-refractivity contribution in [2.75, 3.05) is 51.2 Å². The van der Waals surface area contributed by atoms with Gasteiger partial charge in [0.15, 0.2) is 11.7 Å². The van der Waals surface area contributed by atoms with E-state index in [-0.39, 0.29) is 37.0 Å². The van der Waals surface area contributed by atoms with E-state index < -0.39 is 42.4 Å². The average Bonchev–Trinajstić information content (AvgIpc) is 3.81. The number of amides is 4. The number of benzene rings is 2. The van der Waals surface area contributed by atoms with Crippen molar-refractivity contribution in [1.29, 1.82) is 0 Å². The van der Waals surface area contributed by atoms with Crippen molar-refractivity contribution in [3.05, 3.63) is 63.6 Å². The summed E-state index contributed by atoms with van der Waals surface area (Å²) in [6.45, 7) is 7.83. The molecule has 2 N–H and O–H groups in total. The first-order valence-electron chi connectivity index (χ1n) is 20.3. The summed E-state index contributed by atoms with van der Waals surface area (Å²) in [6, 6.07) is 10.6. The summed E-state index contributed by atoms with van der Waals surface area (Å²) in [5, 5.41) is 3.03. The Kier molecular flexibility index (Phi) is 12.5. The molecule has 17 heteroatoms. The molecule has 0 aliphatic carbocycles. The second kappa shape index (κ2) is 17.9. The fourth-order valence-electron chi connectivity index (χ4n) is 8.75. The minimum Gasteiger partial charge on any atom is -0.436 e. The number of hydrogen-bond acceptors (Lipinski definition) is 12. The van der Waals surface area contributed by atoms with Gasteiger partial charge in [-0.05, 0) is 94.2 Å². The number of para-hydroxylation sites is 1. The second-order valence-corrected chi connectivity index (χ2v) is 15.4. The van der Waals surface area contributed by atoms with Gasteiger partial charge in [-0.25, -0.2) is 19.2 Å². The number of carbonyl (C=O) groups is 5. The van der Waals surface area contributed by atoms with Crippen molar-refractivity contribution < 1.29 is 47.3 Å². The highest BCUT2D eigenvalue weighted by atomic mass is 16.8. The van der Waals surface area contributed by atoms with Gasteiger partial charge in [0.05, 0.1) is 12.1 Å². The molecule has 17 nitrogen and oxygen atoms in total. The topological polar surface area (TPSA) is 193 Å². The van der Waals surface area contributed by atoms with Gasteiger partial charge < -0.3 is 43.4 Å². The van der Waals surface area contributed by atoms with E-state index in [4.69, 9.17) is 23.4 Å². The van der Waals surface area contributed by atoms with Crippen molar-refractivity contribution in [2.24, 2.45) is 0 Å². The largest absolute Gasteiger partial charge is 0.511 e. The molecule has 2 aromatic carbocycles. The fourth-order valence-corrected chi connectivity index (χ4v) is 8.75. The monoisotopic (exact) mass is 804 g/mol. The van der Waals surface area contributed by atoms with Crippen LogP contribution in [0, 0.1) is 6.92 Å². The van der Waals surface area contributed by atoms with Gasteiger partial charge in [-0.3, -0.25) is 19.5 Å². The van der Waals surface area contributed by atoms with E-state index in [2.05, 4.69) is 15.2 Å². The number of likely N-dealkylation sites (tertiary alicyclic amines) is 3. The van der Waals surface area contributed by atoms with Crippen LogP contribution in [0.2, 0.25) is 0 Å². The van der Waals surface area contributed by atoms with E-state index in [9.17, 15) is 28.8 Å². The number of oxazole rings is 1. The van der Waals surface area contributed by atoms with Crippen LogP contribution in [-0.2, 0) is 41.4 Å². The summed E-state index contributed by atoms with van der Waals surface area (Å²) < 4.78 is 26.6. The van der Waals surface area contributed by atoms with Gasteiger partial charge in [0.25, 0.3) is 5.91 Å². The van der Waals surface area contributed by atoms with E-state index in [1.165, 1.54) is 6.92 Å². The molecule has 58 heavy (non-hydrogen) atoms. The third kappa shape index (κ3) is 9.24. The van der Waals surface area contributed by atoms with Crippen LogP contribution >= 0.6 is 0 Å². The molecule has 0 spiro atoms. The van der Waals surface area contributed by atoms with Gasteiger partial charge in [-0.15, -0.1) is 0 Å². The number of urea groups is 1. The molecule has 312 valence electrons. The van der Waals surface area contributed by atoms with Crippen molar-refractivity contribution in [3.63, 3.8) is 0 Å². The van der Waals surface area contributed by atoms with Crippen LogP contribution in [0.5, 0.6) is 0 Å². The number of ether oxygens (including phenoxy) is 4. The molecule has 4 aliphatic rings. The maximum atomic E-state index is 14.3. The Hall–Kier alpha value is -5.58. The number of rotatable bonds is 10. The highest BCUT2D eigenvalue weighted by Gasteiger charge is 2.41. The molecule has 3 aromatic rings. The summed E-state index contributed by atoms with van der Waals surface area (Å²) in [5.41, 5.74) is 4.23. The zero-order valence-corrected chi connectivity index (χ0v) is 33.2. The highest BCUT2D eigenvalue weighted by Crippen LogP contribution is 2.29. The molecule has 4 amide bonds. The number of aromatic nitrogens is 1. The zero-order chi connectivity index (χ0) is 40.9. The number of hydrogen-bond donors (Lipinski definition) is 2. The Balaban J connectivity index is 0.985. The van der Waals surface area contributed by atoms with Crippen LogP contribution in [0.15, 0.2) is 45.6 Å². The lowest BCUT2D eigenvalue weighted by Gasteiger charge is -2.40. The number of piperidine rings is 2. The SMILES string of the molecule is CCOC(=O)OC(C)OC(=O)[C@@H]1CCCN1C1CCN(C(=O)[C@@H](Cc2cc(C)c3[nH]c(=O)oc3c2)OC(=O)N2CCC(N3CCc4ccccc4NC3=O)CC2)CC1. The minimum atomic E-state index is -1.16. The number of H-pyrrole nitrogens is 1. The van der Waals surface area contributed by atoms with Gasteiger partial charge in [-0.2, -0.15) is 0 Å². The van der Waals surface area contributed by atoms with Crippen LogP contribution in [0.1, 0.15) is 69.1 Å². The summed E-state index contributed by atoms with van der Waals surface area (Å²) in [4.78, 5) is 88.0. The van der Waals surface area contributed by atoms with Crippen molar-refractivity contribution >= 4 is 46.9 Å². The summed E-state index contributed by atoms with van der Waals surface area (Å²) in [6.07, 6.45) is 0.730. The maximum Gasteiger partial charge on any atom is 0.511 e. The minimum absolute atomic E-state index is 0.00896. The van der Waals surface area contributed by atoms with Crippen LogP contribution < -0.4 is 11.1 Å². The predicted octanol–water partition coefficient (Wildman–Crippen LogP) is 4.55. The summed E-state index contributed by atoms with van der Waals surface area (Å²) in [5.74, 6) is -1.40. The van der Waals surface area contributed by atoms with E-state index >= 15 is 0 Å². The molecule has 0 bridgehead atoms. The van der Waals surface area contributed by atoms with E-state index in [0.717, 1.165) is 29.7 Å². The van der Waals surface area contributed by atoms with Gasteiger partial charge in [0.1, 0.15) is 6.04 Å². The van der Waals surface area contributed by atoms with Crippen LogP contribution in [0.25, 0.3) is 11.1 Å². The van der Waals surface area contributed by atoms with Crippen molar-refractivity contribution in [3.8, 4) is 0 Å². The quantitative estimate of drug-likeness (QED) is 0.165. The lowest BCUT2D eigenvalue weighted by molar-refractivity contribution is -0.174. The number of aromatic amines is 1. The number of nitrogens with one attached hydrogen (secondary N) is 2. The predicted molar refractivity (Wildman–Crippen MR) is 209 cm³/mol. The molecule has 0 saturated carbocycles. The molecular weight excluding hydrogens is 752 g/mol. The van der Waals surface area contributed by atoms with Crippen LogP contribution in [0.4, 0.5) is 20.1 Å². The molecule has 3 fully saturated rings. The maximum absolute atomic E-state index is 14.3. The standard InChI is InChI=1S/C41H52N6O11/c1-4-54-41(53)56-26(3)55-37(49)32-10-7-16-46(32)29-12-17-44(18-13-29)36(48)34(24-27-22-25(2)35-33(23-27)57-39(51)43-35)58-40(52)45-19-14-30(15-20-45)47-21-11-28-8-5-6-9-31(28)42-38(47)50/h5-6,8-9,22-23,26,29-30,32,34H,4,7,10-21,24H2,1-3H3,(H,42,50)(H,43,51)/t26?,32-,34+/m0/s1. The first-order valence-corrected chi connectivity index (χ1v) is 20.3. The van der Waals surface area contributed by atoms with E-state index in [0.29, 0.717) is 88.0 Å². The molecular formula is C41H52N6O11. The van der Waals surface area contributed by atoms with Crippen LogP contribution in [-0.4, -0.2) is 131 Å².